The summed E-state index contributed by atoms with van der Waals surface area (Å²) >= 11 is 0. The predicted octanol–water partition coefficient (Wildman–Crippen LogP) is 0.552. The summed E-state index contributed by atoms with van der Waals surface area (Å²) in [7, 11) is 1.62. The molecular formula is C11H22N2O3. The van der Waals surface area contributed by atoms with Crippen molar-refractivity contribution in [3.63, 3.8) is 0 Å². The SMILES string of the molecule is CC(C)C(C)NC(=O)CN(C)C(C)C(=O)O. The molecule has 0 rings (SSSR count). The number of nitrogens with zero attached hydrogens (tertiary/aromatic N) is 1. The molecule has 0 spiro atoms. The lowest BCUT2D eigenvalue weighted by Gasteiger charge is -2.23. The van der Waals surface area contributed by atoms with E-state index in [-0.39, 0.29) is 18.5 Å². The quantitative estimate of drug-likeness (QED) is 0.699. The average Bonchev–Trinajstić information content (AvgIpc) is 2.15. The Morgan fingerprint density at radius 2 is 1.75 bits per heavy atom. The van der Waals surface area contributed by atoms with Crippen LogP contribution in [0, 0.1) is 5.92 Å². The molecule has 1 amide bonds. The number of rotatable bonds is 6. The van der Waals surface area contributed by atoms with Gasteiger partial charge in [0.25, 0.3) is 0 Å². The van der Waals surface area contributed by atoms with E-state index in [4.69, 9.17) is 5.11 Å². The Balaban J connectivity index is 4.10. The lowest BCUT2D eigenvalue weighted by molar-refractivity contribution is -0.142. The van der Waals surface area contributed by atoms with Gasteiger partial charge in [-0.15, -0.1) is 0 Å². The molecule has 0 fully saturated rings. The second-order valence-electron chi connectivity index (χ2n) is 4.53. The Kier molecular flexibility index (Phi) is 6.03. The monoisotopic (exact) mass is 230 g/mol. The smallest absolute Gasteiger partial charge is 0.320 e. The van der Waals surface area contributed by atoms with Crippen molar-refractivity contribution in [1.29, 1.82) is 0 Å². The van der Waals surface area contributed by atoms with Crippen molar-refractivity contribution in [3.05, 3.63) is 0 Å². The van der Waals surface area contributed by atoms with Crippen LogP contribution in [0.15, 0.2) is 0 Å². The molecule has 16 heavy (non-hydrogen) atoms. The molecule has 0 radical (unpaired) electrons. The minimum absolute atomic E-state index is 0.0982. The predicted molar refractivity (Wildman–Crippen MR) is 62.2 cm³/mol. The normalized spacial score (nSPS) is 14.9. The van der Waals surface area contributed by atoms with Gasteiger partial charge in [-0.2, -0.15) is 0 Å². The number of hydrogen-bond donors (Lipinski definition) is 2. The number of amides is 1. The van der Waals surface area contributed by atoms with Crippen LogP contribution in [0.25, 0.3) is 0 Å². The summed E-state index contributed by atoms with van der Waals surface area (Å²) < 4.78 is 0. The molecule has 0 saturated heterocycles. The fourth-order valence-electron chi connectivity index (χ4n) is 1.02. The first-order valence-electron chi connectivity index (χ1n) is 5.48. The van der Waals surface area contributed by atoms with Gasteiger partial charge in [0.1, 0.15) is 6.04 Å². The van der Waals surface area contributed by atoms with E-state index in [0.717, 1.165) is 0 Å². The van der Waals surface area contributed by atoms with Gasteiger partial charge < -0.3 is 10.4 Å². The number of aliphatic carboxylic acids is 1. The average molecular weight is 230 g/mol. The fourth-order valence-corrected chi connectivity index (χ4v) is 1.02. The van der Waals surface area contributed by atoms with Crippen molar-refractivity contribution in [2.75, 3.05) is 13.6 Å². The molecule has 0 aliphatic carbocycles. The molecule has 5 nitrogen and oxygen atoms in total. The summed E-state index contributed by atoms with van der Waals surface area (Å²) in [4.78, 5) is 23.7. The molecule has 0 aliphatic heterocycles. The minimum atomic E-state index is -0.924. The molecule has 0 aromatic rings. The number of carboxylic acid groups (broad SMARTS) is 1. The Labute approximate surface area is 96.8 Å². The lowest BCUT2D eigenvalue weighted by atomic mass is 10.1. The van der Waals surface area contributed by atoms with Crippen molar-refractivity contribution in [2.24, 2.45) is 5.92 Å². The Morgan fingerprint density at radius 3 is 2.12 bits per heavy atom. The van der Waals surface area contributed by atoms with Gasteiger partial charge in [-0.3, -0.25) is 14.5 Å². The fraction of sp³-hybridized carbons (Fsp3) is 0.818. The highest BCUT2D eigenvalue weighted by Gasteiger charge is 2.20. The first kappa shape index (κ1) is 14.9. The zero-order valence-corrected chi connectivity index (χ0v) is 10.7. The van der Waals surface area contributed by atoms with Gasteiger partial charge in [-0.05, 0) is 26.8 Å². The number of carbonyl (C=O) groups excluding carboxylic acids is 1. The molecule has 94 valence electrons. The van der Waals surface area contributed by atoms with Crippen LogP contribution in [-0.2, 0) is 9.59 Å². The topological polar surface area (TPSA) is 69.6 Å². The Bertz CT molecular complexity index is 254. The summed E-state index contributed by atoms with van der Waals surface area (Å²) in [6, 6.07) is -0.554. The van der Waals surface area contributed by atoms with E-state index in [1.807, 2.05) is 20.8 Å². The third kappa shape index (κ3) is 5.11. The zero-order valence-electron chi connectivity index (χ0n) is 10.7. The molecule has 0 saturated carbocycles. The maximum absolute atomic E-state index is 11.5. The van der Waals surface area contributed by atoms with Crippen molar-refractivity contribution in [2.45, 2.75) is 39.8 Å². The summed E-state index contributed by atoms with van der Waals surface area (Å²) in [5.41, 5.74) is 0. The van der Waals surface area contributed by atoms with Crippen LogP contribution in [0.3, 0.4) is 0 Å². The molecule has 2 unspecified atom stereocenters. The van der Waals surface area contributed by atoms with Gasteiger partial charge in [0.05, 0.1) is 6.54 Å². The number of likely N-dealkylation sites (N-methyl/N-ethyl adjacent to an activating group) is 1. The van der Waals surface area contributed by atoms with Crippen LogP contribution in [0.2, 0.25) is 0 Å². The van der Waals surface area contributed by atoms with E-state index in [2.05, 4.69) is 5.32 Å². The molecule has 2 N–H and O–H groups in total. The van der Waals surface area contributed by atoms with Gasteiger partial charge in [-0.25, -0.2) is 0 Å². The molecule has 5 heteroatoms. The van der Waals surface area contributed by atoms with E-state index >= 15 is 0 Å². The third-order valence-corrected chi connectivity index (χ3v) is 2.80. The van der Waals surface area contributed by atoms with Crippen molar-refractivity contribution >= 4 is 11.9 Å². The second-order valence-corrected chi connectivity index (χ2v) is 4.53. The van der Waals surface area contributed by atoms with Crippen LogP contribution < -0.4 is 5.32 Å². The van der Waals surface area contributed by atoms with Crippen molar-refractivity contribution in [3.8, 4) is 0 Å². The third-order valence-electron chi connectivity index (χ3n) is 2.80. The van der Waals surface area contributed by atoms with Crippen LogP contribution >= 0.6 is 0 Å². The van der Waals surface area contributed by atoms with Crippen LogP contribution in [0.5, 0.6) is 0 Å². The van der Waals surface area contributed by atoms with E-state index in [9.17, 15) is 9.59 Å². The largest absolute Gasteiger partial charge is 0.480 e. The van der Waals surface area contributed by atoms with Crippen LogP contribution in [0.1, 0.15) is 27.7 Å². The van der Waals surface area contributed by atoms with Crippen LogP contribution in [0.4, 0.5) is 0 Å². The molecule has 0 aromatic carbocycles. The lowest BCUT2D eigenvalue weighted by Crippen LogP contribution is -2.45. The molecule has 0 aromatic heterocycles. The maximum atomic E-state index is 11.5. The molecule has 0 heterocycles. The summed E-state index contributed by atoms with van der Waals surface area (Å²) in [5, 5.41) is 11.6. The first-order valence-corrected chi connectivity index (χ1v) is 5.48. The summed E-state index contributed by atoms with van der Waals surface area (Å²) in [5.74, 6) is -0.699. The number of nitrogens with one attached hydrogen (secondary N) is 1. The van der Waals surface area contributed by atoms with Gasteiger partial charge in [0.15, 0.2) is 0 Å². The summed E-state index contributed by atoms with van der Waals surface area (Å²) in [6.07, 6.45) is 0. The second kappa shape index (κ2) is 6.48. The summed E-state index contributed by atoms with van der Waals surface area (Å²) in [6.45, 7) is 7.64. The number of carbonyl (C=O) groups is 2. The number of carboxylic acids is 1. The highest BCUT2D eigenvalue weighted by Crippen LogP contribution is 2.00. The minimum Gasteiger partial charge on any atom is -0.480 e. The molecule has 2 atom stereocenters. The van der Waals surface area contributed by atoms with Gasteiger partial charge >= 0.3 is 5.97 Å². The van der Waals surface area contributed by atoms with E-state index < -0.39 is 12.0 Å². The van der Waals surface area contributed by atoms with Gasteiger partial charge in [0, 0.05) is 6.04 Å². The van der Waals surface area contributed by atoms with Crippen molar-refractivity contribution < 1.29 is 14.7 Å². The Morgan fingerprint density at radius 1 is 1.25 bits per heavy atom. The van der Waals surface area contributed by atoms with Gasteiger partial charge in [0.2, 0.25) is 5.91 Å². The standard InChI is InChI=1S/C11H22N2O3/c1-7(2)8(3)12-10(14)6-13(5)9(4)11(15)16/h7-9H,6H2,1-5H3,(H,12,14)(H,15,16). The Hall–Kier alpha value is -1.10. The first-order chi connectivity index (χ1) is 7.25. The van der Waals surface area contributed by atoms with Gasteiger partial charge in [-0.1, -0.05) is 13.8 Å². The van der Waals surface area contributed by atoms with Crippen molar-refractivity contribution in [1.82, 2.24) is 10.2 Å². The van der Waals surface area contributed by atoms with E-state index in [1.54, 1.807) is 14.0 Å². The highest BCUT2D eigenvalue weighted by atomic mass is 16.4. The molecule has 0 bridgehead atoms. The van der Waals surface area contributed by atoms with E-state index in [1.165, 1.54) is 4.90 Å². The molecular weight excluding hydrogens is 208 g/mol. The maximum Gasteiger partial charge on any atom is 0.320 e. The molecule has 0 aliphatic rings. The number of hydrogen-bond acceptors (Lipinski definition) is 3. The zero-order chi connectivity index (χ0) is 12.9. The highest BCUT2D eigenvalue weighted by molar-refractivity contribution is 5.79. The van der Waals surface area contributed by atoms with E-state index in [0.29, 0.717) is 5.92 Å². The van der Waals surface area contributed by atoms with Crippen LogP contribution in [-0.4, -0.2) is 47.6 Å².